The van der Waals surface area contributed by atoms with E-state index in [9.17, 15) is 13.9 Å². The van der Waals surface area contributed by atoms with Gasteiger partial charge in [0.1, 0.15) is 0 Å². The molecule has 0 aliphatic heterocycles. The van der Waals surface area contributed by atoms with Crippen molar-refractivity contribution in [3.05, 3.63) is 69.7 Å². The molecule has 0 aliphatic rings. The molecule has 0 aliphatic carbocycles. The van der Waals surface area contributed by atoms with Gasteiger partial charge >= 0.3 is 0 Å². The molecule has 0 heterocycles. The monoisotopic (exact) mass is 312 g/mol. The van der Waals surface area contributed by atoms with Crippen molar-refractivity contribution in [1.82, 2.24) is 0 Å². The number of benzene rings is 2. The summed E-state index contributed by atoms with van der Waals surface area (Å²) in [6.45, 7) is 0. The lowest BCUT2D eigenvalue weighted by Gasteiger charge is -2.11. The highest BCUT2D eigenvalue weighted by Gasteiger charge is 2.10. The van der Waals surface area contributed by atoms with Gasteiger partial charge in [0.05, 0.1) is 6.10 Å². The van der Waals surface area contributed by atoms with Gasteiger partial charge in [-0.3, -0.25) is 0 Å². The zero-order valence-electron chi connectivity index (χ0n) is 9.41. The Morgan fingerprint density at radius 1 is 1.06 bits per heavy atom. The molecule has 0 amide bonds. The SMILES string of the molecule is OC(Cc1ccc(F)c(F)c1)c1cccc(Br)c1. The summed E-state index contributed by atoms with van der Waals surface area (Å²) in [5.74, 6) is -1.77. The molecule has 0 fully saturated rings. The van der Waals surface area contributed by atoms with Crippen molar-refractivity contribution in [2.24, 2.45) is 0 Å². The number of hydrogen-bond acceptors (Lipinski definition) is 1. The summed E-state index contributed by atoms with van der Waals surface area (Å²) in [5, 5.41) is 10.0. The lowest BCUT2D eigenvalue weighted by molar-refractivity contribution is 0.178. The molecule has 0 radical (unpaired) electrons. The molecule has 0 aromatic heterocycles. The number of aliphatic hydroxyl groups excluding tert-OH is 1. The molecule has 2 aromatic carbocycles. The van der Waals surface area contributed by atoms with E-state index < -0.39 is 17.7 Å². The maximum absolute atomic E-state index is 13.0. The van der Waals surface area contributed by atoms with Gasteiger partial charge in [-0.25, -0.2) is 8.78 Å². The first-order valence-corrected chi connectivity index (χ1v) is 6.23. The van der Waals surface area contributed by atoms with Gasteiger partial charge in [0, 0.05) is 10.9 Å². The molecule has 0 saturated heterocycles. The number of rotatable bonds is 3. The topological polar surface area (TPSA) is 20.2 Å². The third kappa shape index (κ3) is 3.15. The lowest BCUT2D eigenvalue weighted by atomic mass is 10.0. The van der Waals surface area contributed by atoms with E-state index in [2.05, 4.69) is 15.9 Å². The fraction of sp³-hybridized carbons (Fsp3) is 0.143. The van der Waals surface area contributed by atoms with Crippen LogP contribution in [0.25, 0.3) is 0 Å². The smallest absolute Gasteiger partial charge is 0.159 e. The molecule has 1 N–H and O–H groups in total. The Kier molecular flexibility index (Phi) is 4.09. The summed E-state index contributed by atoms with van der Waals surface area (Å²) in [6.07, 6.45) is -0.499. The lowest BCUT2D eigenvalue weighted by Crippen LogP contribution is -2.02. The van der Waals surface area contributed by atoms with Gasteiger partial charge in [0.25, 0.3) is 0 Å². The van der Waals surface area contributed by atoms with Crippen LogP contribution in [0.3, 0.4) is 0 Å². The van der Waals surface area contributed by atoms with E-state index in [0.29, 0.717) is 5.56 Å². The van der Waals surface area contributed by atoms with Crippen molar-refractivity contribution >= 4 is 15.9 Å². The fourth-order valence-corrected chi connectivity index (χ4v) is 2.14. The molecule has 1 atom stereocenters. The van der Waals surface area contributed by atoms with E-state index in [1.807, 2.05) is 12.1 Å². The van der Waals surface area contributed by atoms with E-state index in [1.165, 1.54) is 6.07 Å². The molecule has 18 heavy (non-hydrogen) atoms. The van der Waals surface area contributed by atoms with Crippen LogP contribution >= 0.6 is 15.9 Å². The summed E-state index contributed by atoms with van der Waals surface area (Å²) < 4.78 is 26.7. The number of hydrogen-bond donors (Lipinski definition) is 1. The maximum Gasteiger partial charge on any atom is 0.159 e. The van der Waals surface area contributed by atoms with Gasteiger partial charge in [0.15, 0.2) is 11.6 Å². The van der Waals surface area contributed by atoms with Crippen molar-refractivity contribution in [2.45, 2.75) is 12.5 Å². The number of aliphatic hydroxyl groups is 1. The predicted molar refractivity (Wildman–Crippen MR) is 69.2 cm³/mol. The first-order chi connectivity index (χ1) is 8.56. The van der Waals surface area contributed by atoms with Crippen LogP contribution in [0.1, 0.15) is 17.2 Å². The molecule has 0 spiro atoms. The zero-order chi connectivity index (χ0) is 13.1. The molecular formula is C14H11BrF2O. The van der Waals surface area contributed by atoms with Crippen LogP contribution in [0.4, 0.5) is 8.78 Å². The van der Waals surface area contributed by atoms with E-state index >= 15 is 0 Å². The molecular weight excluding hydrogens is 302 g/mol. The van der Waals surface area contributed by atoms with E-state index in [1.54, 1.807) is 12.1 Å². The van der Waals surface area contributed by atoms with Gasteiger partial charge < -0.3 is 5.11 Å². The van der Waals surface area contributed by atoms with Crippen molar-refractivity contribution in [2.75, 3.05) is 0 Å². The minimum Gasteiger partial charge on any atom is -0.388 e. The van der Waals surface area contributed by atoms with E-state index in [0.717, 1.165) is 22.2 Å². The Hall–Kier alpha value is -1.26. The molecule has 1 unspecified atom stereocenters. The minimum atomic E-state index is -0.894. The summed E-state index contributed by atoms with van der Waals surface area (Å²) >= 11 is 3.32. The minimum absolute atomic E-state index is 0.244. The molecule has 0 bridgehead atoms. The highest BCUT2D eigenvalue weighted by Crippen LogP contribution is 2.22. The number of halogens is 3. The average Bonchev–Trinajstić information content (AvgIpc) is 2.34. The predicted octanol–water partition coefficient (Wildman–Crippen LogP) is 4.00. The third-order valence-corrected chi connectivity index (χ3v) is 3.14. The van der Waals surface area contributed by atoms with Crippen LogP contribution in [0, 0.1) is 11.6 Å². The highest BCUT2D eigenvalue weighted by atomic mass is 79.9. The Morgan fingerprint density at radius 3 is 2.50 bits per heavy atom. The van der Waals surface area contributed by atoms with Gasteiger partial charge in [-0.2, -0.15) is 0 Å². The summed E-state index contributed by atoms with van der Waals surface area (Å²) in [7, 11) is 0. The van der Waals surface area contributed by atoms with E-state index in [4.69, 9.17) is 0 Å². The molecule has 2 rings (SSSR count). The Balaban J connectivity index is 2.16. The van der Waals surface area contributed by atoms with Crippen LogP contribution in [-0.4, -0.2) is 5.11 Å². The van der Waals surface area contributed by atoms with Crippen molar-refractivity contribution in [3.63, 3.8) is 0 Å². The molecule has 2 aromatic rings. The standard InChI is InChI=1S/C14H11BrF2O/c15-11-3-1-2-10(8-11)14(18)7-9-4-5-12(16)13(17)6-9/h1-6,8,14,18H,7H2. The van der Waals surface area contributed by atoms with Crippen LogP contribution in [0.2, 0.25) is 0 Å². The van der Waals surface area contributed by atoms with Gasteiger partial charge in [0.2, 0.25) is 0 Å². The van der Waals surface area contributed by atoms with Crippen LogP contribution < -0.4 is 0 Å². The Morgan fingerprint density at radius 2 is 1.83 bits per heavy atom. The van der Waals surface area contributed by atoms with Crippen molar-refractivity contribution in [1.29, 1.82) is 0 Å². The van der Waals surface area contributed by atoms with Gasteiger partial charge in [-0.15, -0.1) is 0 Å². The average molecular weight is 313 g/mol. The summed E-state index contributed by atoms with van der Waals surface area (Å²) in [6, 6.07) is 10.9. The zero-order valence-corrected chi connectivity index (χ0v) is 11.0. The molecule has 1 nitrogen and oxygen atoms in total. The first-order valence-electron chi connectivity index (χ1n) is 5.44. The highest BCUT2D eigenvalue weighted by molar-refractivity contribution is 9.10. The second kappa shape index (κ2) is 5.59. The van der Waals surface area contributed by atoms with Gasteiger partial charge in [-0.05, 0) is 35.4 Å². The summed E-state index contributed by atoms with van der Waals surface area (Å²) in [5.41, 5.74) is 1.29. The van der Waals surface area contributed by atoms with E-state index in [-0.39, 0.29) is 6.42 Å². The summed E-state index contributed by atoms with van der Waals surface area (Å²) in [4.78, 5) is 0. The largest absolute Gasteiger partial charge is 0.388 e. The van der Waals surface area contributed by atoms with Crippen molar-refractivity contribution in [3.8, 4) is 0 Å². The second-order valence-electron chi connectivity index (χ2n) is 4.02. The van der Waals surface area contributed by atoms with Crippen LogP contribution in [0.5, 0.6) is 0 Å². The van der Waals surface area contributed by atoms with Crippen LogP contribution in [0.15, 0.2) is 46.9 Å². The molecule has 94 valence electrons. The normalized spacial score (nSPS) is 12.4. The Labute approximate surface area is 112 Å². The fourth-order valence-electron chi connectivity index (χ4n) is 1.72. The molecule has 4 heteroatoms. The Bertz CT molecular complexity index is 557. The maximum atomic E-state index is 13.0. The first kappa shape index (κ1) is 13.2. The van der Waals surface area contributed by atoms with Crippen LogP contribution in [-0.2, 0) is 6.42 Å². The second-order valence-corrected chi connectivity index (χ2v) is 4.94. The third-order valence-electron chi connectivity index (χ3n) is 2.65. The molecule has 0 saturated carbocycles. The quantitative estimate of drug-likeness (QED) is 0.908. The van der Waals surface area contributed by atoms with Gasteiger partial charge in [-0.1, -0.05) is 34.1 Å². The van der Waals surface area contributed by atoms with Crippen molar-refractivity contribution < 1.29 is 13.9 Å².